The summed E-state index contributed by atoms with van der Waals surface area (Å²) in [6, 6.07) is 8.03. The van der Waals surface area contributed by atoms with Crippen molar-refractivity contribution in [3.8, 4) is 5.75 Å². The van der Waals surface area contributed by atoms with E-state index >= 15 is 0 Å². The molecular formula is C28H35N5O4. The van der Waals surface area contributed by atoms with Crippen LogP contribution in [0, 0.1) is 13.8 Å². The number of hydrogen-bond donors (Lipinski definition) is 3. The molecule has 1 aromatic carbocycles. The average Bonchev–Trinajstić information content (AvgIpc) is 3.29. The number of carbonyl (C=O) groups excluding carboxylic acids is 1. The van der Waals surface area contributed by atoms with E-state index in [1.165, 1.54) is 23.9 Å². The Balaban J connectivity index is 1.10. The molecule has 0 bridgehead atoms. The fraction of sp³-hybridized carbons (Fsp3) is 0.464. The Kier molecular flexibility index (Phi) is 7.71. The minimum atomic E-state index is -0.659. The third-order valence-corrected chi connectivity index (χ3v) is 7.37. The van der Waals surface area contributed by atoms with Crippen LogP contribution in [0.1, 0.15) is 57.8 Å². The van der Waals surface area contributed by atoms with E-state index in [0.29, 0.717) is 24.8 Å². The van der Waals surface area contributed by atoms with E-state index in [1.54, 1.807) is 18.3 Å². The van der Waals surface area contributed by atoms with E-state index in [9.17, 15) is 9.90 Å². The van der Waals surface area contributed by atoms with Crippen LogP contribution in [0.5, 0.6) is 5.75 Å². The lowest BCUT2D eigenvalue weighted by atomic mass is 9.93. The summed E-state index contributed by atoms with van der Waals surface area (Å²) in [7, 11) is 0. The maximum absolute atomic E-state index is 12.6. The van der Waals surface area contributed by atoms with Crippen molar-refractivity contribution in [1.82, 2.24) is 20.2 Å². The Morgan fingerprint density at radius 1 is 1.27 bits per heavy atom. The van der Waals surface area contributed by atoms with Gasteiger partial charge in [-0.1, -0.05) is 6.07 Å². The first-order valence-corrected chi connectivity index (χ1v) is 13.0. The number of aromatic nitrogens is 2. The van der Waals surface area contributed by atoms with Gasteiger partial charge in [-0.3, -0.25) is 9.69 Å². The molecule has 1 fully saturated rings. The molecule has 1 saturated carbocycles. The van der Waals surface area contributed by atoms with E-state index in [4.69, 9.17) is 9.15 Å². The fourth-order valence-corrected chi connectivity index (χ4v) is 4.89. The SMILES string of the molecule is Cc1ncoc1COc1ccc2c(c1C)CCN(CC(O)CNC(=O)c1ccnc(NC3CCC3)c1)C2. The van der Waals surface area contributed by atoms with Gasteiger partial charge < -0.3 is 24.9 Å². The van der Waals surface area contributed by atoms with Crippen molar-refractivity contribution in [3.05, 3.63) is 70.6 Å². The summed E-state index contributed by atoms with van der Waals surface area (Å²) in [5.41, 5.74) is 5.07. The number of anilines is 1. The van der Waals surface area contributed by atoms with Crippen molar-refractivity contribution in [3.63, 3.8) is 0 Å². The molecule has 0 radical (unpaired) electrons. The van der Waals surface area contributed by atoms with E-state index in [2.05, 4.69) is 38.5 Å². The van der Waals surface area contributed by atoms with Crippen LogP contribution in [0.2, 0.25) is 0 Å². The number of aliphatic hydroxyl groups excluding tert-OH is 1. The van der Waals surface area contributed by atoms with Crippen molar-refractivity contribution in [2.45, 2.75) is 64.8 Å². The molecule has 3 heterocycles. The lowest BCUT2D eigenvalue weighted by molar-refractivity contribution is 0.0841. The Labute approximate surface area is 217 Å². The van der Waals surface area contributed by atoms with E-state index in [-0.39, 0.29) is 12.5 Å². The number of benzene rings is 1. The van der Waals surface area contributed by atoms with Crippen LogP contribution in [0.3, 0.4) is 0 Å². The van der Waals surface area contributed by atoms with Crippen LogP contribution in [-0.4, -0.2) is 57.7 Å². The highest BCUT2D eigenvalue weighted by molar-refractivity contribution is 5.94. The molecule has 5 rings (SSSR count). The van der Waals surface area contributed by atoms with Crippen LogP contribution in [-0.2, 0) is 19.6 Å². The quantitative estimate of drug-likeness (QED) is 0.384. The second-order valence-corrected chi connectivity index (χ2v) is 10.0. The number of rotatable bonds is 10. The highest BCUT2D eigenvalue weighted by Gasteiger charge is 2.22. The molecule has 0 spiro atoms. The molecule has 9 nitrogen and oxygen atoms in total. The Morgan fingerprint density at radius 3 is 2.89 bits per heavy atom. The minimum absolute atomic E-state index is 0.197. The molecule has 9 heteroatoms. The van der Waals surface area contributed by atoms with Crippen LogP contribution in [0.15, 0.2) is 41.3 Å². The van der Waals surface area contributed by atoms with E-state index in [0.717, 1.165) is 60.9 Å². The predicted molar refractivity (Wildman–Crippen MR) is 140 cm³/mol. The summed E-state index contributed by atoms with van der Waals surface area (Å²) in [4.78, 5) is 23.3. The van der Waals surface area contributed by atoms with Gasteiger partial charge in [-0.2, -0.15) is 0 Å². The molecule has 3 N–H and O–H groups in total. The molecule has 2 aromatic heterocycles. The zero-order valence-corrected chi connectivity index (χ0v) is 21.5. The number of aryl methyl sites for hydroxylation is 1. The summed E-state index contributed by atoms with van der Waals surface area (Å²) < 4.78 is 11.4. The van der Waals surface area contributed by atoms with Gasteiger partial charge in [-0.15, -0.1) is 0 Å². The van der Waals surface area contributed by atoms with Crippen LogP contribution in [0.4, 0.5) is 5.82 Å². The van der Waals surface area contributed by atoms with Gasteiger partial charge >= 0.3 is 0 Å². The number of hydrogen-bond acceptors (Lipinski definition) is 8. The minimum Gasteiger partial charge on any atom is -0.485 e. The number of ether oxygens (including phenoxy) is 1. The van der Waals surface area contributed by atoms with Gasteiger partial charge in [0.05, 0.1) is 11.8 Å². The van der Waals surface area contributed by atoms with Crippen LogP contribution in [0.25, 0.3) is 0 Å². The molecule has 37 heavy (non-hydrogen) atoms. The number of amides is 1. The number of aliphatic hydroxyl groups is 1. The molecule has 1 amide bonds. The number of β-amino-alcohol motifs (C(OH)–C–C–N with tert-alkyl or cyclic N) is 1. The molecule has 1 aliphatic carbocycles. The Bertz CT molecular complexity index is 1240. The molecular weight excluding hydrogens is 470 g/mol. The number of nitrogens with one attached hydrogen (secondary N) is 2. The van der Waals surface area contributed by atoms with Gasteiger partial charge in [0.25, 0.3) is 5.91 Å². The highest BCUT2D eigenvalue weighted by Crippen LogP contribution is 2.30. The molecule has 0 saturated heterocycles. The van der Waals surface area contributed by atoms with Crippen LogP contribution < -0.4 is 15.4 Å². The lowest BCUT2D eigenvalue weighted by Gasteiger charge is -2.31. The largest absolute Gasteiger partial charge is 0.485 e. The monoisotopic (exact) mass is 505 g/mol. The third-order valence-electron chi connectivity index (χ3n) is 7.37. The molecule has 1 unspecified atom stereocenters. The summed E-state index contributed by atoms with van der Waals surface area (Å²) in [5, 5.41) is 16.8. The predicted octanol–water partition coefficient (Wildman–Crippen LogP) is 3.38. The van der Waals surface area contributed by atoms with Gasteiger partial charge in [0, 0.05) is 44.0 Å². The first kappa shape index (κ1) is 25.2. The van der Waals surface area contributed by atoms with Crippen molar-refractivity contribution >= 4 is 11.7 Å². The summed E-state index contributed by atoms with van der Waals surface area (Å²) in [5.74, 6) is 2.11. The van der Waals surface area contributed by atoms with Crippen molar-refractivity contribution in [1.29, 1.82) is 0 Å². The number of oxazole rings is 1. The molecule has 196 valence electrons. The highest BCUT2D eigenvalue weighted by atomic mass is 16.5. The summed E-state index contributed by atoms with van der Waals surface area (Å²) in [6.07, 6.45) is 6.82. The van der Waals surface area contributed by atoms with Crippen molar-refractivity contribution in [2.24, 2.45) is 0 Å². The number of nitrogens with zero attached hydrogens (tertiary/aromatic N) is 3. The third kappa shape index (κ3) is 6.11. The topological polar surface area (TPSA) is 113 Å². The molecule has 2 aliphatic rings. The van der Waals surface area contributed by atoms with Gasteiger partial charge in [0.2, 0.25) is 0 Å². The van der Waals surface area contributed by atoms with Gasteiger partial charge in [-0.25, -0.2) is 9.97 Å². The zero-order chi connectivity index (χ0) is 25.8. The van der Waals surface area contributed by atoms with E-state index < -0.39 is 6.10 Å². The number of fused-ring (bicyclic) bond motifs is 1. The van der Waals surface area contributed by atoms with E-state index in [1.807, 2.05) is 13.0 Å². The molecule has 3 aromatic rings. The van der Waals surface area contributed by atoms with Gasteiger partial charge in [-0.05, 0) is 74.4 Å². The molecule has 1 aliphatic heterocycles. The first-order valence-electron chi connectivity index (χ1n) is 13.0. The Hall–Kier alpha value is -3.43. The fourth-order valence-electron chi connectivity index (χ4n) is 4.89. The number of pyridine rings is 1. The van der Waals surface area contributed by atoms with Crippen molar-refractivity contribution < 1.29 is 19.1 Å². The van der Waals surface area contributed by atoms with Gasteiger partial charge in [0.15, 0.2) is 12.2 Å². The second-order valence-electron chi connectivity index (χ2n) is 10.0. The standard InChI is InChI=1S/C28H35N5O4/c1-18-24-9-11-33(14-21(24)6-7-25(18)36-16-26-19(2)31-17-37-26)15-23(34)13-30-28(35)20-8-10-29-27(12-20)32-22-4-3-5-22/h6-8,10,12,17,22-23,34H,3-5,9,11,13-16H2,1-2H3,(H,29,32)(H,30,35). The maximum Gasteiger partial charge on any atom is 0.251 e. The van der Waals surface area contributed by atoms with Crippen molar-refractivity contribution in [2.75, 3.05) is 25.0 Å². The number of carbonyl (C=O) groups is 1. The second kappa shape index (κ2) is 11.3. The maximum atomic E-state index is 12.6. The Morgan fingerprint density at radius 2 is 2.14 bits per heavy atom. The zero-order valence-electron chi connectivity index (χ0n) is 21.5. The molecule has 1 atom stereocenters. The summed E-state index contributed by atoms with van der Waals surface area (Å²) in [6.45, 7) is 6.63. The lowest BCUT2D eigenvalue weighted by Crippen LogP contribution is -2.42. The summed E-state index contributed by atoms with van der Waals surface area (Å²) >= 11 is 0. The normalized spacial score (nSPS) is 16.5. The average molecular weight is 506 g/mol. The first-order chi connectivity index (χ1) is 18.0. The smallest absolute Gasteiger partial charge is 0.251 e. The van der Waals surface area contributed by atoms with Gasteiger partial charge in [0.1, 0.15) is 18.2 Å². The van der Waals surface area contributed by atoms with Crippen LogP contribution >= 0.6 is 0 Å².